The van der Waals surface area contributed by atoms with E-state index in [1.54, 1.807) is 0 Å². The average Bonchev–Trinajstić information content (AvgIpc) is 2.63. The Morgan fingerprint density at radius 3 is 2.42 bits per heavy atom. The number of fused-ring (bicyclic) bond motifs is 1. The number of carbonyl (C=O) groups excluding carboxylic acids is 1. The molecular weight excluding hydrogens is 148 g/mol. The number of carbonyl (C=O) groups is 1. The number of hydrogen-bond acceptors (Lipinski definition) is 1. The Balaban J connectivity index is 2.06. The van der Waals surface area contributed by atoms with Gasteiger partial charge in [0.25, 0.3) is 0 Å². The van der Waals surface area contributed by atoms with E-state index in [-0.39, 0.29) is 0 Å². The highest BCUT2D eigenvalue weighted by Crippen LogP contribution is 2.52. The molecule has 0 unspecified atom stereocenters. The van der Waals surface area contributed by atoms with Gasteiger partial charge in [0, 0.05) is 12.3 Å². The van der Waals surface area contributed by atoms with Gasteiger partial charge in [-0.15, -0.1) is 0 Å². The maximum absolute atomic E-state index is 11.5. The molecule has 12 heavy (non-hydrogen) atoms. The van der Waals surface area contributed by atoms with Gasteiger partial charge in [-0.25, -0.2) is 0 Å². The lowest BCUT2D eigenvalue weighted by atomic mass is 9.72. The summed E-state index contributed by atoms with van der Waals surface area (Å²) in [6.45, 7) is 6.77. The van der Waals surface area contributed by atoms with Crippen LogP contribution in [0.25, 0.3) is 0 Å². The van der Waals surface area contributed by atoms with Gasteiger partial charge in [0.05, 0.1) is 0 Å². The van der Waals surface area contributed by atoms with Crippen molar-refractivity contribution in [3.8, 4) is 0 Å². The molecule has 1 heteroatoms. The summed E-state index contributed by atoms with van der Waals surface area (Å²) in [5.41, 5.74) is 0.337. The smallest absolute Gasteiger partial charge is 0.136 e. The third-order valence-electron chi connectivity index (χ3n) is 3.60. The second kappa shape index (κ2) is 2.34. The normalized spacial score (nSPS) is 40.9. The molecule has 2 aliphatic carbocycles. The van der Waals surface area contributed by atoms with Gasteiger partial charge in [-0.05, 0) is 30.1 Å². The van der Waals surface area contributed by atoms with Crippen molar-refractivity contribution in [3.05, 3.63) is 0 Å². The van der Waals surface area contributed by atoms with E-state index in [2.05, 4.69) is 20.8 Å². The van der Waals surface area contributed by atoms with Crippen molar-refractivity contribution in [1.29, 1.82) is 0 Å². The fourth-order valence-electron chi connectivity index (χ4n) is 2.41. The van der Waals surface area contributed by atoms with E-state index in [0.717, 1.165) is 12.3 Å². The van der Waals surface area contributed by atoms with Crippen LogP contribution < -0.4 is 0 Å². The highest BCUT2D eigenvalue weighted by molar-refractivity contribution is 5.85. The minimum Gasteiger partial charge on any atom is -0.299 e. The Bertz CT molecular complexity index is 212. The number of hydrogen-bond donors (Lipinski definition) is 0. The van der Waals surface area contributed by atoms with Gasteiger partial charge >= 0.3 is 0 Å². The predicted molar refractivity (Wildman–Crippen MR) is 48.8 cm³/mol. The minimum atomic E-state index is 0.337. The van der Waals surface area contributed by atoms with Crippen molar-refractivity contribution >= 4 is 5.78 Å². The van der Waals surface area contributed by atoms with Gasteiger partial charge in [0.1, 0.15) is 5.78 Å². The van der Waals surface area contributed by atoms with E-state index < -0.39 is 0 Å². The molecule has 0 spiro atoms. The van der Waals surface area contributed by atoms with Gasteiger partial charge < -0.3 is 0 Å². The Hall–Kier alpha value is -0.330. The molecular formula is C11H18O. The Morgan fingerprint density at radius 2 is 1.92 bits per heavy atom. The van der Waals surface area contributed by atoms with Crippen molar-refractivity contribution < 1.29 is 4.79 Å². The summed E-state index contributed by atoms with van der Waals surface area (Å²) in [6.07, 6.45) is 3.36. The zero-order valence-electron chi connectivity index (χ0n) is 8.26. The second-order valence-corrected chi connectivity index (χ2v) is 5.57. The summed E-state index contributed by atoms with van der Waals surface area (Å²) < 4.78 is 0. The lowest BCUT2D eigenvalue weighted by Crippen LogP contribution is -2.28. The molecule has 2 rings (SSSR count). The molecule has 0 aromatic rings. The largest absolute Gasteiger partial charge is 0.299 e. The zero-order valence-corrected chi connectivity index (χ0v) is 8.26. The zero-order chi connectivity index (χ0) is 8.93. The quantitative estimate of drug-likeness (QED) is 0.540. The Kier molecular flexibility index (Phi) is 1.61. The predicted octanol–water partition coefficient (Wildman–Crippen LogP) is 2.65. The van der Waals surface area contributed by atoms with Gasteiger partial charge in [0.2, 0.25) is 0 Å². The lowest BCUT2D eigenvalue weighted by molar-refractivity contribution is -0.124. The van der Waals surface area contributed by atoms with E-state index >= 15 is 0 Å². The van der Waals surface area contributed by atoms with Gasteiger partial charge in [-0.1, -0.05) is 20.8 Å². The van der Waals surface area contributed by atoms with Crippen LogP contribution in [0.1, 0.15) is 40.0 Å². The van der Waals surface area contributed by atoms with E-state index in [1.807, 2.05) is 0 Å². The average molecular weight is 166 g/mol. The summed E-state index contributed by atoms with van der Waals surface area (Å²) in [7, 11) is 0. The minimum absolute atomic E-state index is 0.337. The monoisotopic (exact) mass is 166 g/mol. The van der Waals surface area contributed by atoms with Crippen LogP contribution in [0.2, 0.25) is 0 Å². The van der Waals surface area contributed by atoms with Gasteiger partial charge in [-0.3, -0.25) is 4.79 Å². The van der Waals surface area contributed by atoms with Crippen LogP contribution in [-0.4, -0.2) is 5.78 Å². The highest BCUT2D eigenvalue weighted by Gasteiger charge is 2.49. The molecule has 0 N–H and O–H groups in total. The third kappa shape index (κ3) is 1.30. The third-order valence-corrected chi connectivity index (χ3v) is 3.60. The Morgan fingerprint density at radius 1 is 1.25 bits per heavy atom. The molecule has 1 nitrogen and oxygen atoms in total. The first-order valence-corrected chi connectivity index (χ1v) is 5.01. The first kappa shape index (κ1) is 8.28. The number of Topliss-reactive ketones (excluding diaryl/α,β-unsaturated/α-hetero) is 1. The van der Waals surface area contributed by atoms with E-state index in [4.69, 9.17) is 0 Å². The van der Waals surface area contributed by atoms with Crippen LogP contribution in [0, 0.1) is 23.2 Å². The molecule has 2 fully saturated rings. The summed E-state index contributed by atoms with van der Waals surface area (Å²) in [5, 5.41) is 0. The fraction of sp³-hybridized carbons (Fsp3) is 0.909. The SMILES string of the molecule is CC(C)(C)[C@@H]1CC(=O)[C@@H]2C[C@@H]2C1. The molecule has 2 saturated carbocycles. The molecule has 3 atom stereocenters. The summed E-state index contributed by atoms with van der Waals surface area (Å²) in [4.78, 5) is 11.5. The molecule has 0 aromatic carbocycles. The molecule has 0 saturated heterocycles. The summed E-state index contributed by atoms with van der Waals surface area (Å²) >= 11 is 0. The molecule has 0 aliphatic heterocycles. The molecule has 0 bridgehead atoms. The first-order chi connectivity index (χ1) is 5.48. The van der Waals surface area contributed by atoms with Crippen molar-refractivity contribution in [2.24, 2.45) is 23.2 Å². The first-order valence-electron chi connectivity index (χ1n) is 5.01. The number of rotatable bonds is 0. The fourth-order valence-corrected chi connectivity index (χ4v) is 2.41. The van der Waals surface area contributed by atoms with Crippen LogP contribution in [0.3, 0.4) is 0 Å². The van der Waals surface area contributed by atoms with Crippen LogP contribution in [-0.2, 0) is 4.79 Å². The number of ketones is 1. The molecule has 0 heterocycles. The molecule has 2 aliphatic rings. The highest BCUT2D eigenvalue weighted by atomic mass is 16.1. The molecule has 0 aromatic heterocycles. The van der Waals surface area contributed by atoms with Crippen molar-refractivity contribution in [1.82, 2.24) is 0 Å². The standard InChI is InChI=1S/C11H18O/c1-11(2,3)8-4-7-5-9(7)10(12)6-8/h7-9H,4-6H2,1-3H3/t7-,8-,9+/m0/s1. The maximum Gasteiger partial charge on any atom is 0.136 e. The maximum atomic E-state index is 11.5. The Labute approximate surface area is 74.5 Å². The lowest BCUT2D eigenvalue weighted by Gasteiger charge is -2.32. The van der Waals surface area contributed by atoms with Crippen LogP contribution in [0.15, 0.2) is 0 Å². The van der Waals surface area contributed by atoms with Gasteiger partial charge in [0.15, 0.2) is 0 Å². The van der Waals surface area contributed by atoms with Crippen LogP contribution in [0.5, 0.6) is 0 Å². The van der Waals surface area contributed by atoms with Crippen LogP contribution in [0.4, 0.5) is 0 Å². The second-order valence-electron chi connectivity index (χ2n) is 5.57. The molecule has 0 amide bonds. The molecule has 0 radical (unpaired) electrons. The van der Waals surface area contributed by atoms with Crippen molar-refractivity contribution in [2.75, 3.05) is 0 Å². The van der Waals surface area contributed by atoms with Crippen molar-refractivity contribution in [2.45, 2.75) is 40.0 Å². The summed E-state index contributed by atoms with van der Waals surface area (Å²) in [5.74, 6) is 2.46. The summed E-state index contributed by atoms with van der Waals surface area (Å²) in [6, 6.07) is 0. The van der Waals surface area contributed by atoms with E-state index in [9.17, 15) is 4.79 Å². The van der Waals surface area contributed by atoms with Gasteiger partial charge in [-0.2, -0.15) is 0 Å². The molecule has 68 valence electrons. The topological polar surface area (TPSA) is 17.1 Å². The van der Waals surface area contributed by atoms with E-state index in [0.29, 0.717) is 23.0 Å². The van der Waals surface area contributed by atoms with Crippen LogP contribution >= 0.6 is 0 Å². The van der Waals surface area contributed by atoms with Crippen molar-refractivity contribution in [3.63, 3.8) is 0 Å². The van der Waals surface area contributed by atoms with E-state index in [1.165, 1.54) is 12.8 Å².